The van der Waals surface area contributed by atoms with Crippen LogP contribution in [0.3, 0.4) is 0 Å². The highest BCUT2D eigenvalue weighted by Gasteiger charge is 2.24. The zero-order valence-corrected chi connectivity index (χ0v) is 13.7. The number of aryl methyl sites for hydroxylation is 1. The van der Waals surface area contributed by atoms with Gasteiger partial charge in [-0.15, -0.1) is 10.2 Å². The van der Waals surface area contributed by atoms with E-state index in [0.717, 1.165) is 16.9 Å². The van der Waals surface area contributed by atoms with Crippen molar-refractivity contribution >= 4 is 17.2 Å². The number of benzene rings is 1. The van der Waals surface area contributed by atoms with E-state index in [2.05, 4.69) is 31.0 Å². The molecule has 0 radical (unpaired) electrons. The highest BCUT2D eigenvalue weighted by molar-refractivity contribution is 5.58. The summed E-state index contributed by atoms with van der Waals surface area (Å²) in [6, 6.07) is 9.94. The number of fused-ring (bicyclic) bond motifs is 1. The molecule has 0 fully saturated rings. The number of pyridine rings is 1. The van der Waals surface area contributed by atoms with Crippen molar-refractivity contribution < 1.29 is 4.39 Å². The van der Waals surface area contributed by atoms with Crippen LogP contribution in [0.1, 0.15) is 32.0 Å². The molecule has 0 spiro atoms. The number of nitrogens with zero attached hydrogens (tertiary/aromatic N) is 4. The van der Waals surface area contributed by atoms with Gasteiger partial charge < -0.3 is 0 Å². The first-order chi connectivity index (χ1) is 10.9. The minimum atomic E-state index is -0.287. The molecule has 1 aromatic carbocycles. The molecule has 0 aliphatic carbocycles. The van der Waals surface area contributed by atoms with Gasteiger partial charge in [-0.3, -0.25) is 4.40 Å². The van der Waals surface area contributed by atoms with Crippen molar-refractivity contribution in [1.29, 1.82) is 0 Å². The van der Waals surface area contributed by atoms with Gasteiger partial charge in [-0.25, -0.2) is 9.37 Å². The molecular formula is C18H19FN4. The number of azo groups is 1. The van der Waals surface area contributed by atoms with E-state index in [1.54, 1.807) is 12.1 Å². The van der Waals surface area contributed by atoms with Crippen molar-refractivity contribution in [1.82, 2.24) is 9.38 Å². The lowest BCUT2D eigenvalue weighted by Crippen LogP contribution is -2.11. The van der Waals surface area contributed by atoms with E-state index in [1.807, 2.05) is 29.7 Å². The maximum Gasteiger partial charge on any atom is 0.183 e. The molecule has 23 heavy (non-hydrogen) atoms. The molecule has 0 saturated carbocycles. The maximum atomic E-state index is 13.0. The third-order valence-corrected chi connectivity index (χ3v) is 3.62. The van der Waals surface area contributed by atoms with Crippen LogP contribution < -0.4 is 0 Å². The van der Waals surface area contributed by atoms with Gasteiger partial charge in [0.15, 0.2) is 5.82 Å². The Labute approximate surface area is 134 Å². The molecule has 2 aromatic heterocycles. The summed E-state index contributed by atoms with van der Waals surface area (Å²) in [7, 11) is 0. The van der Waals surface area contributed by atoms with Gasteiger partial charge in [0.1, 0.15) is 11.5 Å². The molecule has 118 valence electrons. The Bertz CT molecular complexity index is 870. The van der Waals surface area contributed by atoms with Gasteiger partial charge in [-0.05, 0) is 42.8 Å². The number of hydrogen-bond acceptors (Lipinski definition) is 3. The fourth-order valence-corrected chi connectivity index (χ4v) is 2.40. The van der Waals surface area contributed by atoms with Crippen LogP contribution in [-0.4, -0.2) is 9.38 Å². The topological polar surface area (TPSA) is 42.0 Å². The summed E-state index contributed by atoms with van der Waals surface area (Å²) in [6.45, 7) is 8.32. The van der Waals surface area contributed by atoms with Crippen LogP contribution >= 0.6 is 0 Å². The SMILES string of the molecule is Cc1cccn2c(N=Nc3ccc(F)cc3)c(C(C)(C)C)nc12. The van der Waals surface area contributed by atoms with Crippen LogP contribution in [0, 0.1) is 12.7 Å². The second-order valence-corrected chi connectivity index (χ2v) is 6.60. The lowest BCUT2D eigenvalue weighted by molar-refractivity contribution is 0.573. The first-order valence-electron chi connectivity index (χ1n) is 7.52. The van der Waals surface area contributed by atoms with Crippen LogP contribution in [0.15, 0.2) is 52.8 Å². The van der Waals surface area contributed by atoms with Crippen molar-refractivity contribution in [3.63, 3.8) is 0 Å². The number of rotatable bonds is 2. The molecule has 0 N–H and O–H groups in total. The summed E-state index contributed by atoms with van der Waals surface area (Å²) in [4.78, 5) is 4.76. The smallest absolute Gasteiger partial charge is 0.183 e. The highest BCUT2D eigenvalue weighted by Crippen LogP contribution is 2.33. The minimum absolute atomic E-state index is 0.157. The summed E-state index contributed by atoms with van der Waals surface area (Å²) in [5.74, 6) is 0.422. The molecule has 0 atom stereocenters. The van der Waals surface area contributed by atoms with E-state index in [1.165, 1.54) is 12.1 Å². The minimum Gasteiger partial charge on any atom is -0.283 e. The van der Waals surface area contributed by atoms with E-state index in [4.69, 9.17) is 4.98 Å². The molecule has 5 heteroatoms. The zero-order chi connectivity index (χ0) is 16.6. The highest BCUT2D eigenvalue weighted by atomic mass is 19.1. The third-order valence-electron chi connectivity index (χ3n) is 3.62. The van der Waals surface area contributed by atoms with Crippen LogP contribution in [0.4, 0.5) is 15.9 Å². The van der Waals surface area contributed by atoms with Crippen LogP contribution in [0.5, 0.6) is 0 Å². The quantitative estimate of drug-likeness (QED) is 0.577. The molecular weight excluding hydrogens is 291 g/mol. The maximum absolute atomic E-state index is 13.0. The van der Waals surface area contributed by atoms with Crippen molar-refractivity contribution in [2.75, 3.05) is 0 Å². The van der Waals surface area contributed by atoms with Crippen LogP contribution in [-0.2, 0) is 5.41 Å². The third kappa shape index (κ3) is 2.99. The molecule has 0 saturated heterocycles. The predicted octanol–water partition coefficient (Wildman–Crippen LogP) is 5.49. The molecule has 0 aliphatic rings. The summed E-state index contributed by atoms with van der Waals surface area (Å²) in [5, 5.41) is 8.65. The molecule has 2 heterocycles. The lowest BCUT2D eigenvalue weighted by Gasteiger charge is -2.15. The molecule has 3 rings (SSSR count). The van der Waals surface area contributed by atoms with E-state index in [0.29, 0.717) is 11.5 Å². The first kappa shape index (κ1) is 15.3. The monoisotopic (exact) mass is 310 g/mol. The Morgan fingerprint density at radius 3 is 2.39 bits per heavy atom. The van der Waals surface area contributed by atoms with Gasteiger partial charge in [0.05, 0.1) is 11.4 Å². The molecule has 0 unspecified atom stereocenters. The fourth-order valence-electron chi connectivity index (χ4n) is 2.40. The van der Waals surface area contributed by atoms with Crippen molar-refractivity contribution in [2.45, 2.75) is 33.1 Å². The average molecular weight is 310 g/mol. The number of halogens is 1. The van der Waals surface area contributed by atoms with Gasteiger partial charge in [0.25, 0.3) is 0 Å². The van der Waals surface area contributed by atoms with E-state index >= 15 is 0 Å². The molecule has 0 aliphatic heterocycles. The molecule has 3 aromatic rings. The van der Waals surface area contributed by atoms with Crippen molar-refractivity contribution in [3.05, 3.63) is 59.7 Å². The van der Waals surface area contributed by atoms with Crippen molar-refractivity contribution in [3.8, 4) is 0 Å². The normalized spacial score (nSPS) is 12.4. The van der Waals surface area contributed by atoms with Gasteiger partial charge in [-0.1, -0.05) is 26.8 Å². The number of hydrogen-bond donors (Lipinski definition) is 0. The Morgan fingerprint density at radius 2 is 1.74 bits per heavy atom. The van der Waals surface area contributed by atoms with Gasteiger partial charge in [0, 0.05) is 11.6 Å². The van der Waals surface area contributed by atoms with E-state index in [9.17, 15) is 4.39 Å². The summed E-state index contributed by atoms with van der Waals surface area (Å²) in [6.07, 6.45) is 1.93. The second kappa shape index (κ2) is 5.57. The molecule has 0 amide bonds. The van der Waals surface area contributed by atoms with Gasteiger partial charge in [0.2, 0.25) is 0 Å². The Morgan fingerprint density at radius 1 is 1.04 bits per heavy atom. The Kier molecular flexibility index (Phi) is 3.72. The number of imidazole rings is 1. The van der Waals surface area contributed by atoms with Gasteiger partial charge in [-0.2, -0.15) is 0 Å². The first-order valence-corrected chi connectivity index (χ1v) is 7.52. The predicted molar refractivity (Wildman–Crippen MR) is 89.2 cm³/mol. The lowest BCUT2D eigenvalue weighted by atomic mass is 9.92. The molecule has 0 bridgehead atoms. The van der Waals surface area contributed by atoms with Crippen molar-refractivity contribution in [2.24, 2.45) is 10.2 Å². The second-order valence-electron chi connectivity index (χ2n) is 6.60. The van der Waals surface area contributed by atoms with Crippen LogP contribution in [0.25, 0.3) is 5.65 Å². The fraction of sp³-hybridized carbons (Fsp3) is 0.278. The Balaban J connectivity index is 2.15. The van der Waals surface area contributed by atoms with Gasteiger partial charge >= 0.3 is 0 Å². The average Bonchev–Trinajstić information content (AvgIpc) is 2.87. The summed E-state index contributed by atoms with van der Waals surface area (Å²) >= 11 is 0. The van der Waals surface area contributed by atoms with Crippen LogP contribution in [0.2, 0.25) is 0 Å². The zero-order valence-electron chi connectivity index (χ0n) is 13.7. The number of aromatic nitrogens is 2. The summed E-state index contributed by atoms with van der Waals surface area (Å²) < 4.78 is 14.9. The van der Waals surface area contributed by atoms with E-state index in [-0.39, 0.29) is 11.2 Å². The van der Waals surface area contributed by atoms with E-state index < -0.39 is 0 Å². The largest absolute Gasteiger partial charge is 0.283 e. The molecule has 4 nitrogen and oxygen atoms in total. The Hall–Kier alpha value is -2.56. The standard InChI is InChI=1S/C18H19FN4/c1-12-6-5-11-23-16(12)20-15(18(2,3)4)17(23)22-21-14-9-7-13(19)8-10-14/h5-11H,1-4H3. The summed E-state index contributed by atoms with van der Waals surface area (Å²) in [5.41, 5.74) is 3.30.